The molecule has 1 fully saturated rings. The van der Waals surface area contributed by atoms with E-state index in [0.717, 1.165) is 62.4 Å². The highest BCUT2D eigenvalue weighted by Gasteiger charge is 2.18. The van der Waals surface area contributed by atoms with E-state index in [2.05, 4.69) is 34.9 Å². The molecular formula is C24H28N2O3. The van der Waals surface area contributed by atoms with E-state index in [-0.39, 0.29) is 5.63 Å². The number of aryl methyl sites for hydroxylation is 1. The number of benzene rings is 2. The van der Waals surface area contributed by atoms with Crippen molar-refractivity contribution in [2.24, 2.45) is 0 Å². The van der Waals surface area contributed by atoms with Gasteiger partial charge in [-0.15, -0.1) is 0 Å². The average Bonchev–Trinajstić information content (AvgIpc) is 2.75. The summed E-state index contributed by atoms with van der Waals surface area (Å²) in [5.74, 6) is 0.893. The summed E-state index contributed by atoms with van der Waals surface area (Å²) in [6.45, 7) is 7.90. The van der Waals surface area contributed by atoms with Gasteiger partial charge < -0.3 is 9.15 Å². The van der Waals surface area contributed by atoms with Gasteiger partial charge in [-0.1, -0.05) is 25.1 Å². The third kappa shape index (κ3) is 4.69. The zero-order valence-electron chi connectivity index (χ0n) is 17.2. The maximum absolute atomic E-state index is 12.0. The van der Waals surface area contributed by atoms with Crippen molar-refractivity contribution in [1.29, 1.82) is 0 Å². The largest absolute Gasteiger partial charge is 0.497 e. The zero-order chi connectivity index (χ0) is 20.2. The lowest BCUT2D eigenvalue weighted by molar-refractivity contribution is 0.122. The van der Waals surface area contributed by atoms with E-state index in [1.54, 1.807) is 13.2 Å². The van der Waals surface area contributed by atoms with E-state index >= 15 is 0 Å². The summed E-state index contributed by atoms with van der Waals surface area (Å²) in [6.07, 6.45) is 0.971. The summed E-state index contributed by atoms with van der Waals surface area (Å²) in [7, 11) is 1.69. The minimum Gasteiger partial charge on any atom is -0.497 e. The molecule has 29 heavy (non-hydrogen) atoms. The normalized spacial score (nSPS) is 15.7. The molecule has 0 unspecified atom stereocenters. The molecule has 1 aromatic heterocycles. The number of hydrogen-bond acceptors (Lipinski definition) is 5. The fourth-order valence-corrected chi connectivity index (χ4v) is 3.96. The number of fused-ring (bicyclic) bond motifs is 1. The number of methoxy groups -OCH3 is 1. The molecule has 4 rings (SSSR count). The molecule has 0 N–H and O–H groups in total. The third-order valence-corrected chi connectivity index (χ3v) is 5.72. The predicted molar refractivity (Wildman–Crippen MR) is 115 cm³/mol. The van der Waals surface area contributed by atoms with Crippen molar-refractivity contribution in [2.45, 2.75) is 26.4 Å². The molecule has 3 aromatic rings. The van der Waals surface area contributed by atoms with Crippen LogP contribution in [-0.4, -0.2) is 43.1 Å². The van der Waals surface area contributed by atoms with Gasteiger partial charge in [0, 0.05) is 50.7 Å². The van der Waals surface area contributed by atoms with E-state index in [1.807, 2.05) is 24.3 Å². The van der Waals surface area contributed by atoms with Crippen LogP contribution < -0.4 is 10.4 Å². The van der Waals surface area contributed by atoms with Crippen LogP contribution in [0.15, 0.2) is 57.7 Å². The highest BCUT2D eigenvalue weighted by molar-refractivity contribution is 5.80. The van der Waals surface area contributed by atoms with Crippen molar-refractivity contribution >= 4 is 11.0 Å². The lowest BCUT2D eigenvalue weighted by atomic mass is 10.0. The van der Waals surface area contributed by atoms with E-state index in [4.69, 9.17) is 9.15 Å². The molecular weight excluding hydrogens is 364 g/mol. The molecule has 5 heteroatoms. The van der Waals surface area contributed by atoms with Crippen molar-refractivity contribution < 1.29 is 9.15 Å². The van der Waals surface area contributed by atoms with Crippen LogP contribution in [0.5, 0.6) is 5.75 Å². The first kappa shape index (κ1) is 19.7. The number of piperazine rings is 1. The van der Waals surface area contributed by atoms with E-state index in [0.29, 0.717) is 5.58 Å². The Morgan fingerprint density at radius 2 is 1.55 bits per heavy atom. The minimum absolute atomic E-state index is 0.269. The van der Waals surface area contributed by atoms with Gasteiger partial charge in [-0.05, 0) is 47.4 Å². The van der Waals surface area contributed by atoms with Gasteiger partial charge in [-0.3, -0.25) is 9.80 Å². The first-order chi connectivity index (χ1) is 14.1. The van der Waals surface area contributed by atoms with Gasteiger partial charge in [-0.25, -0.2) is 4.79 Å². The smallest absolute Gasteiger partial charge is 0.336 e. The maximum Gasteiger partial charge on any atom is 0.336 e. The first-order valence-electron chi connectivity index (χ1n) is 10.3. The van der Waals surface area contributed by atoms with Crippen LogP contribution in [0.4, 0.5) is 0 Å². The monoisotopic (exact) mass is 392 g/mol. The molecule has 1 aliphatic heterocycles. The molecule has 1 aliphatic rings. The lowest BCUT2D eigenvalue weighted by Gasteiger charge is -2.34. The average molecular weight is 392 g/mol. The van der Waals surface area contributed by atoms with Gasteiger partial charge in [0.1, 0.15) is 11.3 Å². The Kier molecular flexibility index (Phi) is 5.97. The molecule has 0 bridgehead atoms. The highest BCUT2D eigenvalue weighted by Crippen LogP contribution is 2.21. The molecule has 2 heterocycles. The Morgan fingerprint density at radius 3 is 2.21 bits per heavy atom. The van der Waals surface area contributed by atoms with E-state index < -0.39 is 0 Å². The number of hydrogen-bond donors (Lipinski definition) is 0. The SMILES string of the molecule is CCc1ccc2oc(=O)cc(CN3CCN(Cc4ccc(OC)cc4)CC3)c2c1. The minimum atomic E-state index is -0.269. The predicted octanol–water partition coefficient (Wildman–Crippen LogP) is 3.68. The topological polar surface area (TPSA) is 45.9 Å². The summed E-state index contributed by atoms with van der Waals surface area (Å²) in [4.78, 5) is 16.9. The van der Waals surface area contributed by atoms with Gasteiger partial charge in [0.2, 0.25) is 0 Å². The van der Waals surface area contributed by atoms with Gasteiger partial charge in [0.15, 0.2) is 0 Å². The highest BCUT2D eigenvalue weighted by atomic mass is 16.5. The molecule has 0 aliphatic carbocycles. The van der Waals surface area contributed by atoms with Gasteiger partial charge >= 0.3 is 5.63 Å². The van der Waals surface area contributed by atoms with Gasteiger partial charge in [-0.2, -0.15) is 0 Å². The number of rotatable bonds is 6. The standard InChI is InChI=1S/C24H28N2O3/c1-3-18-6-9-23-22(14-18)20(15-24(27)29-23)17-26-12-10-25(11-13-26)16-19-4-7-21(28-2)8-5-19/h4-9,14-15H,3,10-13,16-17H2,1-2H3. The third-order valence-electron chi connectivity index (χ3n) is 5.72. The Hall–Kier alpha value is -2.63. The molecule has 0 saturated carbocycles. The van der Waals surface area contributed by atoms with E-state index in [1.165, 1.54) is 11.1 Å². The molecule has 2 aromatic carbocycles. The van der Waals surface area contributed by atoms with Crippen LogP contribution in [0.25, 0.3) is 11.0 Å². The summed E-state index contributed by atoms with van der Waals surface area (Å²) < 4.78 is 10.6. The van der Waals surface area contributed by atoms with Crippen LogP contribution in [0, 0.1) is 0 Å². The van der Waals surface area contributed by atoms with Crippen molar-refractivity contribution in [3.05, 3.63) is 75.6 Å². The number of ether oxygens (including phenoxy) is 1. The Morgan fingerprint density at radius 1 is 0.897 bits per heavy atom. The molecule has 0 radical (unpaired) electrons. The van der Waals surface area contributed by atoms with Crippen LogP contribution in [0.2, 0.25) is 0 Å². The summed E-state index contributed by atoms with van der Waals surface area (Å²) >= 11 is 0. The maximum atomic E-state index is 12.0. The summed E-state index contributed by atoms with van der Waals surface area (Å²) in [5.41, 5.74) is 4.04. The fourth-order valence-electron chi connectivity index (χ4n) is 3.96. The molecule has 0 spiro atoms. The molecule has 0 atom stereocenters. The van der Waals surface area contributed by atoms with Crippen molar-refractivity contribution in [3.63, 3.8) is 0 Å². The quantitative estimate of drug-likeness (QED) is 0.599. The fraction of sp³-hybridized carbons (Fsp3) is 0.375. The van der Waals surface area contributed by atoms with Crippen molar-refractivity contribution in [2.75, 3.05) is 33.3 Å². The van der Waals surface area contributed by atoms with Gasteiger partial charge in [0.25, 0.3) is 0 Å². The Balaban J connectivity index is 1.41. The van der Waals surface area contributed by atoms with Gasteiger partial charge in [0.05, 0.1) is 7.11 Å². The zero-order valence-corrected chi connectivity index (χ0v) is 17.2. The Bertz CT molecular complexity index is 1020. The van der Waals surface area contributed by atoms with Crippen LogP contribution in [0.1, 0.15) is 23.6 Å². The number of nitrogens with zero attached hydrogens (tertiary/aromatic N) is 2. The molecule has 0 amide bonds. The second-order valence-electron chi connectivity index (χ2n) is 7.68. The molecule has 5 nitrogen and oxygen atoms in total. The first-order valence-corrected chi connectivity index (χ1v) is 10.3. The lowest BCUT2D eigenvalue weighted by Crippen LogP contribution is -2.45. The van der Waals surface area contributed by atoms with Crippen molar-refractivity contribution in [1.82, 2.24) is 9.80 Å². The van der Waals surface area contributed by atoms with E-state index in [9.17, 15) is 4.79 Å². The Labute approximate surface area is 171 Å². The second kappa shape index (κ2) is 8.80. The van der Waals surface area contributed by atoms with Crippen LogP contribution in [-0.2, 0) is 19.5 Å². The summed E-state index contributed by atoms with van der Waals surface area (Å²) in [5, 5.41) is 1.06. The second-order valence-corrected chi connectivity index (χ2v) is 7.68. The molecule has 152 valence electrons. The van der Waals surface area contributed by atoms with Crippen molar-refractivity contribution in [3.8, 4) is 5.75 Å². The summed E-state index contributed by atoms with van der Waals surface area (Å²) in [6, 6.07) is 16.1. The van der Waals surface area contributed by atoms with Crippen LogP contribution >= 0.6 is 0 Å². The van der Waals surface area contributed by atoms with Crippen LogP contribution in [0.3, 0.4) is 0 Å². The molecule has 1 saturated heterocycles.